The predicted octanol–water partition coefficient (Wildman–Crippen LogP) is 6.83. The molecule has 0 bridgehead atoms. The van der Waals surface area contributed by atoms with E-state index in [1.54, 1.807) is 38.1 Å². The van der Waals surface area contributed by atoms with E-state index < -0.39 is 47.6 Å². The van der Waals surface area contributed by atoms with Gasteiger partial charge in [-0.2, -0.15) is 31.4 Å². The largest absolute Gasteiger partial charge is 0.443 e. The van der Waals surface area contributed by atoms with E-state index >= 15 is 0 Å². The number of carbonyl (C=O) groups excluding carboxylic acids is 2. The molecule has 248 valence electrons. The van der Waals surface area contributed by atoms with E-state index in [1.807, 2.05) is 13.0 Å². The van der Waals surface area contributed by atoms with E-state index in [0.29, 0.717) is 42.0 Å². The van der Waals surface area contributed by atoms with Crippen molar-refractivity contribution >= 4 is 12.0 Å². The zero-order chi connectivity index (χ0) is 34.0. The number of benzene rings is 2. The summed E-state index contributed by atoms with van der Waals surface area (Å²) in [5.41, 5.74) is -1.83. The quantitative estimate of drug-likeness (QED) is 0.282. The summed E-state index contributed by atoms with van der Waals surface area (Å²) < 4.78 is 86.2. The Labute approximate surface area is 262 Å². The van der Waals surface area contributed by atoms with Crippen molar-refractivity contribution in [3.8, 4) is 11.1 Å². The average Bonchev–Trinajstić information content (AvgIpc) is 2.96. The summed E-state index contributed by atoms with van der Waals surface area (Å²) in [7, 11) is 1.28. The van der Waals surface area contributed by atoms with Gasteiger partial charge in [0.05, 0.1) is 16.7 Å². The fourth-order valence-electron chi connectivity index (χ4n) is 5.18. The third kappa shape index (κ3) is 8.55. The molecule has 1 aliphatic heterocycles. The second-order valence-electron chi connectivity index (χ2n) is 11.9. The first kappa shape index (κ1) is 34.7. The lowest BCUT2D eigenvalue weighted by atomic mass is 9.93. The van der Waals surface area contributed by atoms with Crippen molar-refractivity contribution in [1.29, 1.82) is 0 Å². The van der Waals surface area contributed by atoms with Gasteiger partial charge in [-0.3, -0.25) is 9.78 Å². The fraction of sp³-hybridized carbons (Fsp3) is 0.406. The highest BCUT2D eigenvalue weighted by molar-refractivity contribution is 6.00. The van der Waals surface area contributed by atoms with Crippen molar-refractivity contribution < 1.29 is 45.9 Å². The monoisotopic (exact) mass is 652 g/mol. The lowest BCUT2D eigenvalue weighted by molar-refractivity contribution is -0.143. The van der Waals surface area contributed by atoms with Gasteiger partial charge in [0.25, 0.3) is 5.91 Å². The van der Waals surface area contributed by atoms with Gasteiger partial charge >= 0.3 is 18.4 Å². The molecule has 46 heavy (non-hydrogen) atoms. The molecule has 4 rings (SSSR count). The number of hydrogen-bond donors (Lipinski definition) is 1. The van der Waals surface area contributed by atoms with Crippen LogP contribution in [0.4, 0.5) is 31.1 Å². The molecule has 0 atom stereocenters. The molecular weight excluding hydrogens is 618 g/mol. The summed E-state index contributed by atoms with van der Waals surface area (Å²) >= 11 is 0. The number of carbonyl (C=O) groups is 2. The van der Waals surface area contributed by atoms with E-state index in [0.717, 1.165) is 15.5 Å². The number of piperazine rings is 1. The Balaban J connectivity index is 1.63. The van der Waals surface area contributed by atoms with Crippen molar-refractivity contribution in [2.24, 2.45) is 0 Å². The highest BCUT2D eigenvalue weighted by Gasteiger charge is 2.37. The number of nitrogens with zero attached hydrogens (tertiary/aromatic N) is 4. The highest BCUT2D eigenvalue weighted by atomic mass is 19.4. The molecular formula is C32H34F6N4O4. The van der Waals surface area contributed by atoms with E-state index in [9.17, 15) is 41.1 Å². The Kier molecular flexibility index (Phi) is 10.0. The number of rotatable bonds is 7. The van der Waals surface area contributed by atoms with Crippen LogP contribution in [0.15, 0.2) is 54.7 Å². The summed E-state index contributed by atoms with van der Waals surface area (Å²) in [4.78, 5) is 33.4. The van der Waals surface area contributed by atoms with E-state index in [4.69, 9.17) is 4.74 Å². The number of aryl methyl sites for hydroxylation is 1. The molecule has 3 aromatic rings. The van der Waals surface area contributed by atoms with Crippen LogP contribution in [0, 0.1) is 6.92 Å². The molecule has 2 aromatic carbocycles. The van der Waals surface area contributed by atoms with Crippen LogP contribution in [-0.4, -0.2) is 75.9 Å². The Hall–Kier alpha value is -4.17. The van der Waals surface area contributed by atoms with E-state index in [1.165, 1.54) is 18.1 Å². The molecule has 0 aliphatic carbocycles. The molecule has 1 aromatic heterocycles. The van der Waals surface area contributed by atoms with Crippen LogP contribution in [0.1, 0.15) is 52.2 Å². The normalized spacial score (nSPS) is 14.7. The second kappa shape index (κ2) is 13.3. The molecule has 0 spiro atoms. The minimum absolute atomic E-state index is 0.0398. The molecule has 14 heteroatoms. The number of aromatic nitrogens is 1. The second-order valence-corrected chi connectivity index (χ2v) is 11.9. The number of hydroxylamine groups is 2. The van der Waals surface area contributed by atoms with Gasteiger partial charge in [-0.05, 0) is 67.3 Å². The standard InChI is InChI=1S/C32H34F6N4O4/c1-20-7-5-6-8-25(20)26-16-24(17-30(2,3)46-29(44)41-9-11-42(45)12-10-41)39-18-27(26)28(43)40(4)19-21-13-22(31(33,34)35)15-23(14-21)32(36,37)38/h5-8,13-16,18,45H,9-12,17,19H2,1-4H3. The predicted molar refractivity (Wildman–Crippen MR) is 156 cm³/mol. The van der Waals surface area contributed by atoms with Crippen molar-refractivity contribution in [3.63, 3.8) is 0 Å². The van der Waals surface area contributed by atoms with Crippen LogP contribution in [0.5, 0.6) is 0 Å². The Morgan fingerprint density at radius 3 is 2.07 bits per heavy atom. The number of ether oxygens (including phenoxy) is 1. The molecule has 2 amide bonds. The minimum atomic E-state index is -5.02. The van der Waals surface area contributed by atoms with Crippen LogP contribution in [0.2, 0.25) is 0 Å². The maximum Gasteiger partial charge on any atom is 0.416 e. The summed E-state index contributed by atoms with van der Waals surface area (Å²) in [6, 6.07) is 10.1. The summed E-state index contributed by atoms with van der Waals surface area (Å²) in [6.07, 6.45) is -9.12. The Morgan fingerprint density at radius 1 is 0.913 bits per heavy atom. The van der Waals surface area contributed by atoms with Crippen LogP contribution >= 0.6 is 0 Å². The van der Waals surface area contributed by atoms with Crippen LogP contribution < -0.4 is 0 Å². The molecule has 1 fully saturated rings. The topological polar surface area (TPSA) is 86.2 Å². The molecule has 0 unspecified atom stereocenters. The van der Waals surface area contributed by atoms with Crippen molar-refractivity contribution in [3.05, 3.63) is 88.2 Å². The number of halogens is 6. The van der Waals surface area contributed by atoms with Gasteiger partial charge in [-0.1, -0.05) is 24.3 Å². The highest BCUT2D eigenvalue weighted by Crippen LogP contribution is 2.37. The van der Waals surface area contributed by atoms with Crippen molar-refractivity contribution in [2.75, 3.05) is 33.2 Å². The molecule has 1 aliphatic rings. The molecule has 1 saturated heterocycles. The Morgan fingerprint density at radius 2 is 1.50 bits per heavy atom. The lowest BCUT2D eigenvalue weighted by Gasteiger charge is -2.34. The van der Waals surface area contributed by atoms with Crippen molar-refractivity contribution in [1.82, 2.24) is 19.8 Å². The smallest absolute Gasteiger partial charge is 0.416 e. The fourth-order valence-corrected chi connectivity index (χ4v) is 5.18. The maximum absolute atomic E-state index is 13.7. The molecule has 1 N–H and O–H groups in total. The van der Waals surface area contributed by atoms with Gasteiger partial charge in [0, 0.05) is 58.1 Å². The summed E-state index contributed by atoms with van der Waals surface area (Å²) in [5.74, 6) is -0.669. The number of amides is 2. The first-order valence-corrected chi connectivity index (χ1v) is 14.3. The van der Waals surface area contributed by atoms with Gasteiger partial charge in [0.2, 0.25) is 0 Å². The first-order valence-electron chi connectivity index (χ1n) is 14.3. The number of pyridine rings is 1. The van der Waals surface area contributed by atoms with Gasteiger partial charge in [0.15, 0.2) is 0 Å². The van der Waals surface area contributed by atoms with Gasteiger partial charge in [0.1, 0.15) is 5.60 Å². The average molecular weight is 653 g/mol. The van der Waals surface area contributed by atoms with E-state index in [-0.39, 0.29) is 36.7 Å². The van der Waals surface area contributed by atoms with E-state index in [2.05, 4.69) is 4.98 Å². The zero-order valence-electron chi connectivity index (χ0n) is 25.7. The zero-order valence-corrected chi connectivity index (χ0v) is 25.7. The molecule has 0 saturated carbocycles. The van der Waals surface area contributed by atoms with Crippen LogP contribution in [-0.2, 0) is 30.1 Å². The molecule has 0 radical (unpaired) electrons. The maximum atomic E-state index is 13.7. The number of hydrogen-bond acceptors (Lipinski definition) is 6. The van der Waals surface area contributed by atoms with Gasteiger partial charge < -0.3 is 19.7 Å². The molecule has 2 heterocycles. The third-order valence-corrected chi connectivity index (χ3v) is 7.52. The molecule has 8 nitrogen and oxygen atoms in total. The van der Waals surface area contributed by atoms with Crippen LogP contribution in [0.25, 0.3) is 11.1 Å². The SMILES string of the molecule is Cc1ccccc1-c1cc(CC(C)(C)OC(=O)N2CCN(O)CC2)ncc1C(=O)N(C)Cc1cc(C(F)(F)F)cc(C(F)(F)F)c1. The van der Waals surface area contributed by atoms with Gasteiger partial charge in [-0.15, -0.1) is 0 Å². The summed E-state index contributed by atoms with van der Waals surface area (Å²) in [5, 5.41) is 10.7. The van der Waals surface area contributed by atoms with Crippen molar-refractivity contribution in [2.45, 2.75) is 51.7 Å². The third-order valence-electron chi connectivity index (χ3n) is 7.52. The Bertz CT molecular complexity index is 1550. The summed E-state index contributed by atoms with van der Waals surface area (Å²) in [6.45, 7) is 5.88. The lowest BCUT2D eigenvalue weighted by Crippen LogP contribution is -2.49. The van der Waals surface area contributed by atoms with Gasteiger partial charge in [-0.25, -0.2) is 4.79 Å². The number of alkyl halides is 6. The minimum Gasteiger partial charge on any atom is -0.443 e. The first-order chi connectivity index (χ1) is 21.3. The van der Waals surface area contributed by atoms with Crippen LogP contribution in [0.3, 0.4) is 0 Å².